The molecule has 1 aliphatic rings. The summed E-state index contributed by atoms with van der Waals surface area (Å²) >= 11 is 0. The number of carboxylic acids is 1. The van der Waals surface area contributed by atoms with Crippen LogP contribution in [0.1, 0.15) is 38.5 Å². The highest BCUT2D eigenvalue weighted by atomic mass is 16.4. The average Bonchev–Trinajstić information content (AvgIpc) is 2.04. The van der Waals surface area contributed by atoms with Crippen LogP contribution in [0.15, 0.2) is 5.11 Å². The predicted molar refractivity (Wildman–Crippen MR) is 47.2 cm³/mol. The maximum absolute atomic E-state index is 10.6. The maximum Gasteiger partial charge on any atom is 0.304 e. The molecule has 0 unspecified atom stereocenters. The number of azide groups is 1. The molecule has 0 saturated heterocycles. The van der Waals surface area contributed by atoms with Crippen LogP contribution >= 0.6 is 0 Å². The smallest absolute Gasteiger partial charge is 0.304 e. The Bertz CT molecular complexity index is 240. The first-order valence-electron chi connectivity index (χ1n) is 4.47. The van der Waals surface area contributed by atoms with E-state index >= 15 is 0 Å². The molecule has 0 radical (unpaired) electrons. The molecule has 0 bridgehead atoms. The Kier molecular flexibility index (Phi) is 3.14. The molecule has 0 heterocycles. The van der Waals surface area contributed by atoms with Crippen LogP contribution in [0.25, 0.3) is 10.4 Å². The molecule has 0 aromatic carbocycles. The minimum atomic E-state index is -0.880. The first-order chi connectivity index (χ1) is 6.18. The minimum absolute atomic E-state index is 0.0307. The van der Waals surface area contributed by atoms with Crippen LogP contribution in [0.3, 0.4) is 0 Å². The van der Waals surface area contributed by atoms with Gasteiger partial charge in [-0.2, -0.15) is 0 Å². The fourth-order valence-electron chi connectivity index (χ4n) is 1.90. The zero-order chi connectivity index (χ0) is 9.73. The summed E-state index contributed by atoms with van der Waals surface area (Å²) in [6, 6.07) is 0. The van der Waals surface area contributed by atoms with E-state index in [1.165, 1.54) is 0 Å². The van der Waals surface area contributed by atoms with Crippen molar-refractivity contribution in [1.29, 1.82) is 0 Å². The van der Waals surface area contributed by atoms with E-state index in [4.69, 9.17) is 10.6 Å². The Morgan fingerprint density at radius 2 is 2.08 bits per heavy atom. The highest BCUT2D eigenvalue weighted by Crippen LogP contribution is 2.34. The second-order valence-corrected chi connectivity index (χ2v) is 3.54. The van der Waals surface area contributed by atoms with Gasteiger partial charge in [-0.3, -0.25) is 4.79 Å². The van der Waals surface area contributed by atoms with E-state index in [1.54, 1.807) is 0 Å². The Labute approximate surface area is 76.4 Å². The monoisotopic (exact) mass is 183 g/mol. The summed E-state index contributed by atoms with van der Waals surface area (Å²) in [7, 11) is 0. The number of hydrogen-bond acceptors (Lipinski definition) is 2. The molecule has 0 aromatic heterocycles. The van der Waals surface area contributed by atoms with Gasteiger partial charge >= 0.3 is 5.97 Å². The largest absolute Gasteiger partial charge is 0.481 e. The standard InChI is InChI=1S/C8H13N3O2/c9-11-10-8(6-7(12)13)4-2-1-3-5-8/h1-6H2,(H,12,13). The van der Waals surface area contributed by atoms with E-state index in [1.807, 2.05) is 0 Å². The molecule has 5 heteroatoms. The zero-order valence-electron chi connectivity index (χ0n) is 7.44. The zero-order valence-corrected chi connectivity index (χ0v) is 7.44. The van der Waals surface area contributed by atoms with Crippen molar-refractivity contribution in [1.82, 2.24) is 0 Å². The van der Waals surface area contributed by atoms with Gasteiger partial charge in [-0.15, -0.1) is 0 Å². The van der Waals surface area contributed by atoms with Crippen molar-refractivity contribution >= 4 is 5.97 Å². The molecule has 1 aliphatic carbocycles. The summed E-state index contributed by atoms with van der Waals surface area (Å²) in [5.74, 6) is -0.880. The molecule has 0 spiro atoms. The third-order valence-corrected chi connectivity index (χ3v) is 2.52. The summed E-state index contributed by atoms with van der Waals surface area (Å²) in [5.41, 5.74) is 7.72. The number of nitrogens with zero attached hydrogens (tertiary/aromatic N) is 3. The molecule has 5 nitrogen and oxygen atoms in total. The summed E-state index contributed by atoms with van der Waals surface area (Å²) in [4.78, 5) is 13.3. The summed E-state index contributed by atoms with van der Waals surface area (Å²) in [6.45, 7) is 0. The van der Waals surface area contributed by atoms with E-state index in [2.05, 4.69) is 10.0 Å². The number of carboxylic acid groups (broad SMARTS) is 1. The fourth-order valence-corrected chi connectivity index (χ4v) is 1.90. The first-order valence-corrected chi connectivity index (χ1v) is 4.47. The highest BCUT2D eigenvalue weighted by Gasteiger charge is 2.33. The van der Waals surface area contributed by atoms with Gasteiger partial charge in [0.1, 0.15) is 0 Å². The van der Waals surface area contributed by atoms with E-state index in [0.29, 0.717) is 12.8 Å². The molecule has 1 rings (SSSR count). The van der Waals surface area contributed by atoms with Gasteiger partial charge in [0.15, 0.2) is 0 Å². The van der Waals surface area contributed by atoms with E-state index in [-0.39, 0.29) is 6.42 Å². The van der Waals surface area contributed by atoms with Gasteiger partial charge in [0, 0.05) is 4.91 Å². The molecule has 13 heavy (non-hydrogen) atoms. The van der Waals surface area contributed by atoms with Gasteiger partial charge in [-0.25, -0.2) is 0 Å². The normalized spacial score (nSPS) is 20.3. The lowest BCUT2D eigenvalue weighted by atomic mass is 9.80. The summed E-state index contributed by atoms with van der Waals surface area (Å²) < 4.78 is 0. The molecule has 0 atom stereocenters. The molecule has 0 aromatic rings. The van der Waals surface area contributed by atoms with Crippen LogP contribution in [0.5, 0.6) is 0 Å². The lowest BCUT2D eigenvalue weighted by Crippen LogP contribution is -2.31. The third-order valence-electron chi connectivity index (χ3n) is 2.52. The van der Waals surface area contributed by atoms with Crippen molar-refractivity contribution in [2.45, 2.75) is 44.1 Å². The second-order valence-electron chi connectivity index (χ2n) is 3.54. The van der Waals surface area contributed by atoms with Gasteiger partial charge < -0.3 is 5.11 Å². The molecule has 1 saturated carbocycles. The Balaban J connectivity index is 2.72. The van der Waals surface area contributed by atoms with Crippen molar-refractivity contribution in [3.63, 3.8) is 0 Å². The van der Waals surface area contributed by atoms with E-state index in [9.17, 15) is 4.79 Å². The van der Waals surface area contributed by atoms with Crippen molar-refractivity contribution in [2.75, 3.05) is 0 Å². The van der Waals surface area contributed by atoms with Gasteiger partial charge in [-0.1, -0.05) is 24.4 Å². The van der Waals surface area contributed by atoms with Crippen molar-refractivity contribution < 1.29 is 9.90 Å². The van der Waals surface area contributed by atoms with Crippen LogP contribution in [0, 0.1) is 0 Å². The number of aliphatic carboxylic acids is 1. The van der Waals surface area contributed by atoms with Gasteiger partial charge in [0.05, 0.1) is 12.0 Å². The average molecular weight is 183 g/mol. The lowest BCUT2D eigenvalue weighted by molar-refractivity contribution is -0.138. The molecular formula is C8H13N3O2. The molecule has 0 aliphatic heterocycles. The lowest BCUT2D eigenvalue weighted by Gasteiger charge is -2.30. The van der Waals surface area contributed by atoms with Gasteiger partial charge in [0.25, 0.3) is 0 Å². The van der Waals surface area contributed by atoms with Crippen LogP contribution in [0.4, 0.5) is 0 Å². The molecule has 0 amide bonds. The minimum Gasteiger partial charge on any atom is -0.481 e. The van der Waals surface area contributed by atoms with E-state index in [0.717, 1.165) is 19.3 Å². The number of hydrogen-bond donors (Lipinski definition) is 1. The molecule has 1 N–H and O–H groups in total. The first kappa shape index (κ1) is 9.86. The highest BCUT2D eigenvalue weighted by molar-refractivity contribution is 5.68. The Morgan fingerprint density at radius 3 is 2.54 bits per heavy atom. The van der Waals surface area contributed by atoms with Crippen molar-refractivity contribution in [3.05, 3.63) is 10.4 Å². The second kappa shape index (κ2) is 4.14. The summed E-state index contributed by atoms with van der Waals surface area (Å²) in [6.07, 6.45) is 4.44. The van der Waals surface area contributed by atoms with Crippen molar-refractivity contribution in [3.8, 4) is 0 Å². The predicted octanol–water partition coefficient (Wildman–Crippen LogP) is 2.47. The topological polar surface area (TPSA) is 86.1 Å². The Hall–Kier alpha value is -1.22. The van der Waals surface area contributed by atoms with Gasteiger partial charge in [0.2, 0.25) is 0 Å². The number of carbonyl (C=O) groups is 1. The van der Waals surface area contributed by atoms with Crippen LogP contribution in [-0.2, 0) is 4.79 Å². The quantitative estimate of drug-likeness (QED) is 0.414. The molecule has 1 fully saturated rings. The molecular weight excluding hydrogens is 170 g/mol. The number of rotatable bonds is 3. The van der Waals surface area contributed by atoms with Crippen LogP contribution < -0.4 is 0 Å². The maximum atomic E-state index is 10.6. The molecule has 72 valence electrons. The SMILES string of the molecule is [N-]=[N+]=NC1(CC(=O)O)CCCCC1. The Morgan fingerprint density at radius 1 is 1.46 bits per heavy atom. The fraction of sp³-hybridized carbons (Fsp3) is 0.875. The van der Waals surface area contributed by atoms with Crippen LogP contribution in [0.2, 0.25) is 0 Å². The third kappa shape index (κ3) is 2.63. The van der Waals surface area contributed by atoms with Crippen molar-refractivity contribution in [2.24, 2.45) is 5.11 Å². The van der Waals surface area contributed by atoms with E-state index < -0.39 is 11.5 Å². The van der Waals surface area contributed by atoms with Crippen LogP contribution in [-0.4, -0.2) is 16.6 Å². The summed E-state index contributed by atoms with van der Waals surface area (Å²) in [5, 5.41) is 12.3. The van der Waals surface area contributed by atoms with Gasteiger partial charge in [-0.05, 0) is 18.4 Å².